The summed E-state index contributed by atoms with van der Waals surface area (Å²) in [4.78, 5) is 23.4. The van der Waals surface area contributed by atoms with E-state index in [1.54, 1.807) is 0 Å². The molecule has 0 aliphatic carbocycles. The van der Waals surface area contributed by atoms with E-state index in [0.29, 0.717) is 18.8 Å². The Balaban J connectivity index is 1.71. The van der Waals surface area contributed by atoms with Crippen LogP contribution in [0.25, 0.3) is 0 Å². The number of rotatable bonds is 5. The Bertz CT molecular complexity index is 564. The highest BCUT2D eigenvalue weighted by atomic mass is 16.7. The van der Waals surface area contributed by atoms with Crippen molar-refractivity contribution in [2.45, 2.75) is 33.7 Å². The zero-order chi connectivity index (χ0) is 16.2. The van der Waals surface area contributed by atoms with E-state index in [2.05, 4.69) is 10.6 Å². The summed E-state index contributed by atoms with van der Waals surface area (Å²) in [5, 5.41) is 5.57. The van der Waals surface area contributed by atoms with E-state index in [9.17, 15) is 9.59 Å². The van der Waals surface area contributed by atoms with Crippen LogP contribution in [-0.2, 0) is 16.1 Å². The van der Waals surface area contributed by atoms with Crippen LogP contribution in [0.2, 0.25) is 0 Å². The van der Waals surface area contributed by atoms with Crippen LogP contribution in [0.1, 0.15) is 32.8 Å². The van der Waals surface area contributed by atoms with Crippen LogP contribution in [0.15, 0.2) is 18.2 Å². The van der Waals surface area contributed by atoms with Crippen LogP contribution in [0, 0.1) is 5.41 Å². The molecule has 2 N–H and O–H groups in total. The summed E-state index contributed by atoms with van der Waals surface area (Å²) in [6, 6.07) is 5.56. The molecule has 1 heterocycles. The van der Waals surface area contributed by atoms with Gasteiger partial charge in [-0.05, 0) is 17.7 Å². The first-order chi connectivity index (χ1) is 10.4. The fourth-order valence-electron chi connectivity index (χ4n) is 1.89. The van der Waals surface area contributed by atoms with Crippen molar-refractivity contribution in [2.75, 3.05) is 13.3 Å². The van der Waals surface area contributed by atoms with Gasteiger partial charge in [0.2, 0.25) is 18.6 Å². The lowest BCUT2D eigenvalue weighted by atomic mass is 9.96. The molecule has 22 heavy (non-hydrogen) atoms. The van der Waals surface area contributed by atoms with Crippen LogP contribution >= 0.6 is 0 Å². The number of ether oxygens (including phenoxy) is 2. The third kappa shape index (κ3) is 4.38. The number of fused-ring (bicyclic) bond motifs is 1. The molecule has 120 valence electrons. The van der Waals surface area contributed by atoms with Crippen LogP contribution < -0.4 is 20.1 Å². The molecular weight excluding hydrogens is 284 g/mol. The quantitative estimate of drug-likeness (QED) is 0.866. The molecule has 2 rings (SSSR count). The van der Waals surface area contributed by atoms with Gasteiger partial charge in [0.15, 0.2) is 11.5 Å². The monoisotopic (exact) mass is 306 g/mol. The zero-order valence-corrected chi connectivity index (χ0v) is 13.2. The van der Waals surface area contributed by atoms with Gasteiger partial charge in [0.05, 0.1) is 0 Å². The minimum Gasteiger partial charge on any atom is -0.454 e. The van der Waals surface area contributed by atoms with Crippen LogP contribution in [0.5, 0.6) is 11.5 Å². The number of amides is 2. The highest BCUT2D eigenvalue weighted by Crippen LogP contribution is 2.32. The van der Waals surface area contributed by atoms with Crippen molar-refractivity contribution in [3.05, 3.63) is 23.8 Å². The Morgan fingerprint density at radius 3 is 2.59 bits per heavy atom. The third-order valence-electron chi connectivity index (χ3n) is 3.25. The fourth-order valence-corrected chi connectivity index (χ4v) is 1.89. The van der Waals surface area contributed by atoms with Gasteiger partial charge in [-0.25, -0.2) is 0 Å². The maximum atomic E-state index is 11.8. The Labute approximate surface area is 130 Å². The molecule has 0 saturated heterocycles. The lowest BCUT2D eigenvalue weighted by Crippen LogP contribution is -2.37. The molecule has 1 aromatic rings. The van der Waals surface area contributed by atoms with Crippen molar-refractivity contribution in [1.29, 1.82) is 0 Å². The summed E-state index contributed by atoms with van der Waals surface area (Å²) in [6.07, 6.45) is 0.256. The summed E-state index contributed by atoms with van der Waals surface area (Å²) in [5.74, 6) is 1.26. The van der Waals surface area contributed by atoms with E-state index in [-0.39, 0.29) is 25.0 Å². The summed E-state index contributed by atoms with van der Waals surface area (Å²) in [7, 11) is 0. The van der Waals surface area contributed by atoms with Gasteiger partial charge >= 0.3 is 0 Å². The Morgan fingerprint density at radius 1 is 1.14 bits per heavy atom. The SMILES string of the molecule is CC(C)(C)C(=O)NCCC(=O)NCc1ccc2c(c1)OCO2. The fraction of sp³-hybridized carbons (Fsp3) is 0.500. The lowest BCUT2D eigenvalue weighted by molar-refractivity contribution is -0.128. The number of benzene rings is 1. The maximum Gasteiger partial charge on any atom is 0.231 e. The number of nitrogens with one attached hydrogen (secondary N) is 2. The normalized spacial score (nSPS) is 12.9. The molecule has 1 aliphatic rings. The summed E-state index contributed by atoms with van der Waals surface area (Å²) >= 11 is 0. The first-order valence-electron chi connectivity index (χ1n) is 7.30. The molecule has 0 saturated carbocycles. The van der Waals surface area contributed by atoms with Gasteiger partial charge in [-0.15, -0.1) is 0 Å². The molecule has 0 aromatic heterocycles. The molecule has 1 aromatic carbocycles. The highest BCUT2D eigenvalue weighted by Gasteiger charge is 2.20. The number of hydrogen-bond donors (Lipinski definition) is 2. The Hall–Kier alpha value is -2.24. The van der Waals surface area contributed by atoms with Crippen molar-refractivity contribution >= 4 is 11.8 Å². The molecule has 0 atom stereocenters. The average molecular weight is 306 g/mol. The molecule has 0 radical (unpaired) electrons. The van der Waals surface area contributed by atoms with E-state index in [1.165, 1.54) is 0 Å². The molecule has 6 heteroatoms. The standard InChI is InChI=1S/C16H22N2O4/c1-16(2,3)15(20)17-7-6-14(19)18-9-11-4-5-12-13(8-11)22-10-21-12/h4-5,8H,6-7,9-10H2,1-3H3,(H,17,20)(H,18,19). The number of carbonyl (C=O) groups excluding carboxylic acids is 2. The molecule has 1 aliphatic heterocycles. The van der Waals surface area contributed by atoms with E-state index >= 15 is 0 Å². The number of hydrogen-bond acceptors (Lipinski definition) is 4. The van der Waals surface area contributed by atoms with E-state index < -0.39 is 5.41 Å². The van der Waals surface area contributed by atoms with Gasteiger partial charge in [-0.3, -0.25) is 9.59 Å². The van der Waals surface area contributed by atoms with Gasteiger partial charge in [-0.2, -0.15) is 0 Å². The first kappa shape index (κ1) is 16.1. The van der Waals surface area contributed by atoms with Gasteiger partial charge in [0, 0.05) is 24.9 Å². The van der Waals surface area contributed by atoms with Gasteiger partial charge < -0.3 is 20.1 Å². The first-order valence-corrected chi connectivity index (χ1v) is 7.30. The van der Waals surface area contributed by atoms with Crippen molar-refractivity contribution in [1.82, 2.24) is 10.6 Å². The summed E-state index contributed by atoms with van der Waals surface area (Å²) < 4.78 is 10.5. The van der Waals surface area contributed by atoms with Crippen molar-refractivity contribution in [3.8, 4) is 11.5 Å². The second kappa shape index (κ2) is 6.68. The van der Waals surface area contributed by atoms with Crippen molar-refractivity contribution in [3.63, 3.8) is 0 Å². The van der Waals surface area contributed by atoms with E-state index in [0.717, 1.165) is 11.3 Å². The minimum absolute atomic E-state index is 0.0592. The summed E-state index contributed by atoms with van der Waals surface area (Å²) in [6.45, 7) is 6.50. The van der Waals surface area contributed by atoms with Gasteiger partial charge in [0.1, 0.15) is 0 Å². The molecule has 0 spiro atoms. The largest absolute Gasteiger partial charge is 0.454 e. The third-order valence-corrected chi connectivity index (χ3v) is 3.25. The number of carbonyl (C=O) groups is 2. The van der Waals surface area contributed by atoms with Crippen molar-refractivity contribution in [2.24, 2.45) is 5.41 Å². The highest BCUT2D eigenvalue weighted by molar-refractivity contribution is 5.82. The van der Waals surface area contributed by atoms with Gasteiger partial charge in [0.25, 0.3) is 0 Å². The molecule has 6 nitrogen and oxygen atoms in total. The average Bonchev–Trinajstić information content (AvgIpc) is 2.91. The summed E-state index contributed by atoms with van der Waals surface area (Å²) in [5.41, 5.74) is 0.500. The smallest absolute Gasteiger partial charge is 0.231 e. The molecule has 0 unspecified atom stereocenters. The predicted octanol–water partition coefficient (Wildman–Crippen LogP) is 1.58. The Morgan fingerprint density at radius 2 is 1.86 bits per heavy atom. The molecule has 0 fully saturated rings. The van der Waals surface area contributed by atoms with E-state index in [4.69, 9.17) is 9.47 Å². The predicted molar refractivity (Wildman–Crippen MR) is 81.5 cm³/mol. The second-order valence-electron chi connectivity index (χ2n) is 6.22. The lowest BCUT2D eigenvalue weighted by Gasteiger charge is -2.17. The zero-order valence-electron chi connectivity index (χ0n) is 13.2. The minimum atomic E-state index is -0.442. The van der Waals surface area contributed by atoms with Crippen LogP contribution in [0.3, 0.4) is 0 Å². The van der Waals surface area contributed by atoms with Gasteiger partial charge in [-0.1, -0.05) is 26.8 Å². The van der Waals surface area contributed by atoms with Crippen LogP contribution in [0.4, 0.5) is 0 Å². The topological polar surface area (TPSA) is 76.7 Å². The second-order valence-corrected chi connectivity index (χ2v) is 6.22. The molecule has 2 amide bonds. The maximum absolute atomic E-state index is 11.8. The van der Waals surface area contributed by atoms with Crippen molar-refractivity contribution < 1.29 is 19.1 Å². The van der Waals surface area contributed by atoms with Crippen LogP contribution in [-0.4, -0.2) is 25.2 Å². The molecular formula is C16H22N2O4. The van der Waals surface area contributed by atoms with E-state index in [1.807, 2.05) is 39.0 Å². The molecule has 0 bridgehead atoms. The Kier molecular flexibility index (Phi) is 4.90.